The average molecular weight is 251 g/mol. The minimum atomic E-state index is 0.180. The summed E-state index contributed by atoms with van der Waals surface area (Å²) in [5, 5.41) is 1.09. The molecule has 0 saturated heterocycles. The summed E-state index contributed by atoms with van der Waals surface area (Å²) in [6.07, 6.45) is 4.78. The van der Waals surface area contributed by atoms with Crippen molar-refractivity contribution >= 4 is 17.7 Å². The highest BCUT2D eigenvalue weighted by atomic mass is 32.2. The van der Waals surface area contributed by atoms with E-state index in [0.717, 1.165) is 0 Å². The van der Waals surface area contributed by atoms with Crippen molar-refractivity contribution < 1.29 is 4.74 Å². The molecule has 0 aliphatic heterocycles. The van der Waals surface area contributed by atoms with Gasteiger partial charge in [0.1, 0.15) is 5.03 Å². The molecule has 0 fully saturated rings. The Hall–Kier alpha value is -2.00. The third-order valence-electron chi connectivity index (χ3n) is 1.64. The highest BCUT2D eigenvalue weighted by molar-refractivity contribution is 7.99. The summed E-state index contributed by atoms with van der Waals surface area (Å²) in [7, 11) is 1.46. The molecule has 0 aromatic carbocycles. The molecule has 17 heavy (non-hydrogen) atoms. The lowest BCUT2D eigenvalue weighted by molar-refractivity contribution is 0.373. The average Bonchev–Trinajstić information content (AvgIpc) is 2.39. The summed E-state index contributed by atoms with van der Waals surface area (Å²) in [6.45, 7) is 0. The summed E-state index contributed by atoms with van der Waals surface area (Å²) in [6, 6.07) is 0.180. The Morgan fingerprint density at radius 1 is 1.29 bits per heavy atom. The SMILES string of the molecule is COc1nc(NN)nc(Sc2cnccn2)n1. The number of nitrogens with one attached hydrogen (secondary N) is 1. The van der Waals surface area contributed by atoms with Gasteiger partial charge in [0.2, 0.25) is 11.1 Å². The number of hydrazine groups is 1. The monoisotopic (exact) mass is 251 g/mol. The Balaban J connectivity index is 2.26. The second kappa shape index (κ2) is 5.37. The van der Waals surface area contributed by atoms with Gasteiger partial charge >= 0.3 is 6.01 Å². The molecule has 0 amide bonds. The molecule has 0 unspecified atom stereocenters. The van der Waals surface area contributed by atoms with E-state index in [-0.39, 0.29) is 12.0 Å². The van der Waals surface area contributed by atoms with Gasteiger partial charge in [-0.3, -0.25) is 10.4 Å². The first-order chi connectivity index (χ1) is 8.31. The molecular formula is C8H9N7OS. The normalized spacial score (nSPS) is 10.0. The van der Waals surface area contributed by atoms with E-state index in [1.807, 2.05) is 0 Å². The number of rotatable bonds is 4. The van der Waals surface area contributed by atoms with Crippen molar-refractivity contribution in [2.24, 2.45) is 5.84 Å². The van der Waals surface area contributed by atoms with Gasteiger partial charge in [-0.1, -0.05) is 0 Å². The van der Waals surface area contributed by atoms with E-state index in [2.05, 4.69) is 30.3 Å². The molecule has 9 heteroatoms. The molecule has 88 valence electrons. The van der Waals surface area contributed by atoms with E-state index in [1.54, 1.807) is 18.6 Å². The van der Waals surface area contributed by atoms with E-state index in [0.29, 0.717) is 10.2 Å². The fourth-order valence-corrected chi connectivity index (χ4v) is 1.64. The van der Waals surface area contributed by atoms with Crippen LogP contribution >= 0.6 is 11.8 Å². The molecule has 8 nitrogen and oxygen atoms in total. The van der Waals surface area contributed by atoms with Crippen LogP contribution < -0.4 is 16.0 Å². The van der Waals surface area contributed by atoms with Crippen LogP contribution in [0.5, 0.6) is 6.01 Å². The van der Waals surface area contributed by atoms with Crippen molar-refractivity contribution in [1.29, 1.82) is 0 Å². The molecule has 2 aromatic heterocycles. The lowest BCUT2D eigenvalue weighted by atomic mass is 10.8. The van der Waals surface area contributed by atoms with Gasteiger partial charge in [0.05, 0.1) is 13.3 Å². The standard InChI is InChI=1S/C8H9N7OS/c1-16-7-12-6(15-9)13-8(14-7)17-5-4-10-2-3-11-5/h2-4H,9H2,1H3,(H,12,13,14,15). The summed E-state index contributed by atoms with van der Waals surface area (Å²) >= 11 is 1.24. The summed E-state index contributed by atoms with van der Waals surface area (Å²) in [4.78, 5) is 20.0. The van der Waals surface area contributed by atoms with Crippen LogP contribution in [-0.4, -0.2) is 32.0 Å². The highest BCUT2D eigenvalue weighted by Crippen LogP contribution is 2.23. The summed E-state index contributed by atoms with van der Waals surface area (Å²) in [5.41, 5.74) is 2.34. The maximum absolute atomic E-state index is 5.24. The molecule has 2 heterocycles. The Morgan fingerprint density at radius 2 is 2.18 bits per heavy atom. The zero-order valence-corrected chi connectivity index (χ0v) is 9.68. The number of hydrogen-bond acceptors (Lipinski definition) is 9. The molecule has 3 N–H and O–H groups in total. The third kappa shape index (κ3) is 2.98. The molecular weight excluding hydrogens is 242 g/mol. The lowest BCUT2D eigenvalue weighted by Crippen LogP contribution is -2.12. The number of aromatic nitrogens is 5. The van der Waals surface area contributed by atoms with Gasteiger partial charge in [0.25, 0.3) is 0 Å². The third-order valence-corrected chi connectivity index (χ3v) is 2.43. The van der Waals surface area contributed by atoms with Crippen molar-refractivity contribution in [3.63, 3.8) is 0 Å². The number of nitrogen functional groups attached to an aromatic ring is 1. The molecule has 0 aliphatic carbocycles. The quantitative estimate of drug-likeness (QED) is 0.577. The van der Waals surface area contributed by atoms with Gasteiger partial charge in [-0.05, 0) is 11.8 Å². The van der Waals surface area contributed by atoms with Gasteiger partial charge in [-0.2, -0.15) is 15.0 Å². The first-order valence-corrected chi connectivity index (χ1v) is 5.34. The molecule has 0 atom stereocenters. The van der Waals surface area contributed by atoms with Crippen LogP contribution in [0.3, 0.4) is 0 Å². The molecule has 2 rings (SSSR count). The zero-order chi connectivity index (χ0) is 12.1. The number of nitrogens with two attached hydrogens (primary N) is 1. The van der Waals surface area contributed by atoms with Crippen molar-refractivity contribution in [1.82, 2.24) is 24.9 Å². The van der Waals surface area contributed by atoms with Crippen LogP contribution in [0.1, 0.15) is 0 Å². The number of anilines is 1. The molecule has 0 saturated carbocycles. The smallest absolute Gasteiger partial charge is 0.322 e. The molecule has 0 radical (unpaired) electrons. The zero-order valence-electron chi connectivity index (χ0n) is 8.86. The van der Waals surface area contributed by atoms with Crippen molar-refractivity contribution in [3.8, 4) is 6.01 Å². The number of methoxy groups -OCH3 is 1. The van der Waals surface area contributed by atoms with Crippen molar-refractivity contribution in [2.75, 3.05) is 12.5 Å². The van der Waals surface area contributed by atoms with Crippen LogP contribution in [0.15, 0.2) is 28.8 Å². The first kappa shape index (κ1) is 11.5. The minimum absolute atomic E-state index is 0.180. The van der Waals surface area contributed by atoms with Crippen LogP contribution in [0.4, 0.5) is 5.95 Å². The molecule has 2 aromatic rings. The van der Waals surface area contributed by atoms with Gasteiger partial charge in [0.15, 0.2) is 0 Å². The van der Waals surface area contributed by atoms with E-state index in [4.69, 9.17) is 10.6 Å². The maximum Gasteiger partial charge on any atom is 0.322 e. The summed E-state index contributed by atoms with van der Waals surface area (Å²) < 4.78 is 4.93. The first-order valence-electron chi connectivity index (χ1n) is 4.52. The maximum atomic E-state index is 5.24. The van der Waals surface area contributed by atoms with Gasteiger partial charge < -0.3 is 4.74 Å². The van der Waals surface area contributed by atoms with E-state index < -0.39 is 0 Å². The fourth-order valence-electron chi connectivity index (χ4n) is 0.971. The van der Waals surface area contributed by atoms with Crippen LogP contribution in [0.25, 0.3) is 0 Å². The van der Waals surface area contributed by atoms with Gasteiger partial charge in [0, 0.05) is 12.4 Å². The van der Waals surface area contributed by atoms with E-state index in [1.165, 1.54) is 18.9 Å². The van der Waals surface area contributed by atoms with E-state index in [9.17, 15) is 0 Å². The Kier molecular flexibility index (Phi) is 3.62. The van der Waals surface area contributed by atoms with Gasteiger partial charge in [-0.15, -0.1) is 0 Å². The fraction of sp³-hybridized carbons (Fsp3) is 0.125. The number of nitrogens with zero attached hydrogens (tertiary/aromatic N) is 5. The predicted octanol–water partition coefficient (Wildman–Crippen LogP) is 0.107. The second-order valence-electron chi connectivity index (χ2n) is 2.72. The van der Waals surface area contributed by atoms with E-state index >= 15 is 0 Å². The largest absolute Gasteiger partial charge is 0.467 e. The van der Waals surface area contributed by atoms with Crippen LogP contribution in [0.2, 0.25) is 0 Å². The Morgan fingerprint density at radius 3 is 2.82 bits per heavy atom. The van der Waals surface area contributed by atoms with Crippen LogP contribution in [-0.2, 0) is 0 Å². The lowest BCUT2D eigenvalue weighted by Gasteiger charge is -2.04. The summed E-state index contributed by atoms with van der Waals surface area (Å²) in [5.74, 6) is 5.47. The van der Waals surface area contributed by atoms with Gasteiger partial charge in [-0.25, -0.2) is 10.8 Å². The van der Waals surface area contributed by atoms with Crippen molar-refractivity contribution in [2.45, 2.75) is 10.2 Å². The minimum Gasteiger partial charge on any atom is -0.467 e. The predicted molar refractivity (Wildman–Crippen MR) is 60.3 cm³/mol. The van der Waals surface area contributed by atoms with Crippen LogP contribution in [0, 0.1) is 0 Å². The highest BCUT2D eigenvalue weighted by Gasteiger charge is 2.08. The van der Waals surface area contributed by atoms with Crippen molar-refractivity contribution in [3.05, 3.63) is 18.6 Å². The molecule has 0 bridgehead atoms. The number of hydrogen-bond donors (Lipinski definition) is 2. The Labute approximate surface area is 101 Å². The molecule has 0 spiro atoms. The second-order valence-corrected chi connectivity index (χ2v) is 3.71. The number of ether oxygens (including phenoxy) is 1. The Bertz CT molecular complexity index is 472. The topological polar surface area (TPSA) is 112 Å². The molecule has 0 aliphatic rings.